The van der Waals surface area contributed by atoms with E-state index >= 15 is 0 Å². The van der Waals surface area contributed by atoms with E-state index in [1.807, 2.05) is 16.7 Å². The van der Waals surface area contributed by atoms with Gasteiger partial charge in [0.25, 0.3) is 0 Å². The highest BCUT2D eigenvalue weighted by molar-refractivity contribution is 6.31. The van der Waals surface area contributed by atoms with Gasteiger partial charge < -0.3 is 9.80 Å². The van der Waals surface area contributed by atoms with Gasteiger partial charge in [-0.15, -0.1) is 0 Å². The summed E-state index contributed by atoms with van der Waals surface area (Å²) in [7, 11) is 0. The molecule has 30 heavy (non-hydrogen) atoms. The van der Waals surface area contributed by atoms with Gasteiger partial charge in [0.1, 0.15) is 11.0 Å². The molecule has 0 aliphatic carbocycles. The second-order valence-electron chi connectivity index (χ2n) is 6.80. The maximum Gasteiger partial charge on any atom is 0.227 e. The molecule has 1 saturated heterocycles. The fraction of sp³-hybridized carbons (Fsp3) is 0.286. The van der Waals surface area contributed by atoms with Gasteiger partial charge in [0.2, 0.25) is 5.95 Å². The summed E-state index contributed by atoms with van der Waals surface area (Å²) in [5, 5.41) is 0.286. The van der Waals surface area contributed by atoms with E-state index in [9.17, 15) is 8.78 Å². The first kappa shape index (κ1) is 22.2. The zero-order chi connectivity index (χ0) is 20.5. The molecule has 0 unspecified atom stereocenters. The van der Waals surface area contributed by atoms with Crippen LogP contribution in [0.2, 0.25) is 10.2 Å². The Morgan fingerprint density at radius 3 is 2.53 bits per heavy atom. The maximum atomic E-state index is 14.1. The number of hydrogen-bond acceptors (Lipinski definition) is 5. The molecule has 3 aromatic rings. The molecule has 9 heteroatoms. The number of benzene rings is 1. The lowest BCUT2D eigenvalue weighted by molar-refractivity contribution is 0.524. The average molecular weight is 452 g/mol. The molecule has 1 aromatic carbocycles. The fourth-order valence-corrected chi connectivity index (χ4v) is 3.75. The van der Waals surface area contributed by atoms with Crippen molar-refractivity contribution in [2.24, 2.45) is 0 Å². The Labute approximate surface area is 184 Å². The molecule has 0 spiro atoms. The molecule has 4 rings (SSSR count). The van der Waals surface area contributed by atoms with Crippen molar-refractivity contribution in [3.8, 4) is 11.3 Å². The lowest BCUT2D eigenvalue weighted by Crippen LogP contribution is -2.53. The molecule has 0 N–H and O–H groups in total. The molecule has 0 saturated carbocycles. The van der Waals surface area contributed by atoms with Crippen LogP contribution in [0.4, 0.5) is 20.5 Å². The lowest BCUT2D eigenvalue weighted by Gasteiger charge is -2.40. The van der Waals surface area contributed by atoms with Crippen LogP contribution in [0.5, 0.6) is 0 Å². The third-order valence-electron chi connectivity index (χ3n) is 4.82. The van der Waals surface area contributed by atoms with E-state index in [0.29, 0.717) is 42.7 Å². The maximum absolute atomic E-state index is 14.1. The Morgan fingerprint density at radius 1 is 1.03 bits per heavy atom. The third-order valence-corrected chi connectivity index (χ3v) is 5.30. The monoisotopic (exact) mass is 451 g/mol. The highest BCUT2D eigenvalue weighted by Gasteiger charge is 2.28. The van der Waals surface area contributed by atoms with E-state index in [1.165, 1.54) is 18.2 Å². The number of aromatic nitrogens is 3. The minimum Gasteiger partial charge on any atom is -0.350 e. The van der Waals surface area contributed by atoms with Crippen LogP contribution in [-0.2, 0) is 0 Å². The first-order valence-electron chi connectivity index (χ1n) is 9.04. The second-order valence-corrected chi connectivity index (χ2v) is 7.60. The lowest BCUT2D eigenvalue weighted by atomic mass is 10.1. The number of piperazine rings is 1. The van der Waals surface area contributed by atoms with E-state index in [0.717, 1.165) is 0 Å². The van der Waals surface area contributed by atoms with Crippen LogP contribution in [0.3, 0.4) is 0 Å². The van der Waals surface area contributed by atoms with Gasteiger partial charge in [-0.2, -0.15) is 0 Å². The predicted octanol–water partition coefficient (Wildman–Crippen LogP) is 5.47. The zero-order valence-corrected chi connectivity index (χ0v) is 17.0. The number of rotatable bonds is 3. The molecular formula is C21H21Cl2F2N5. The Hall–Kier alpha value is -2.51. The SMILES string of the molecule is C.C[C@@H]1CN(c2ncccc2F)CCN1c1nc(Cl)cc(-c2ccc(F)c(Cl)c2)n1. The fourth-order valence-electron chi connectivity index (χ4n) is 3.39. The van der Waals surface area contributed by atoms with Crippen molar-refractivity contribution in [3.05, 3.63) is 64.4 Å². The number of hydrogen-bond donors (Lipinski definition) is 0. The van der Waals surface area contributed by atoms with E-state index in [4.69, 9.17) is 23.2 Å². The summed E-state index contributed by atoms with van der Waals surface area (Å²) in [6.45, 7) is 3.69. The normalized spacial score (nSPS) is 16.4. The molecule has 1 atom stereocenters. The third kappa shape index (κ3) is 4.47. The summed E-state index contributed by atoms with van der Waals surface area (Å²) in [5.41, 5.74) is 1.19. The molecule has 0 radical (unpaired) electrons. The van der Waals surface area contributed by atoms with E-state index in [2.05, 4.69) is 15.0 Å². The summed E-state index contributed by atoms with van der Waals surface area (Å²) in [6, 6.07) is 8.96. The van der Waals surface area contributed by atoms with Gasteiger partial charge in [0, 0.05) is 43.5 Å². The molecule has 3 heterocycles. The van der Waals surface area contributed by atoms with Crippen LogP contribution < -0.4 is 9.80 Å². The molecule has 5 nitrogen and oxygen atoms in total. The van der Waals surface area contributed by atoms with Crippen LogP contribution in [0, 0.1) is 11.6 Å². The summed E-state index contributed by atoms with van der Waals surface area (Å²) >= 11 is 12.1. The Bertz CT molecular complexity index is 1050. The largest absolute Gasteiger partial charge is 0.350 e. The second kappa shape index (κ2) is 9.10. The Balaban J connectivity index is 0.00000256. The topological polar surface area (TPSA) is 45.2 Å². The van der Waals surface area contributed by atoms with Crippen molar-refractivity contribution in [2.75, 3.05) is 29.4 Å². The summed E-state index contributed by atoms with van der Waals surface area (Å²) < 4.78 is 27.6. The van der Waals surface area contributed by atoms with Crippen molar-refractivity contribution < 1.29 is 8.78 Å². The van der Waals surface area contributed by atoms with Crippen LogP contribution in [0.15, 0.2) is 42.6 Å². The van der Waals surface area contributed by atoms with E-state index < -0.39 is 5.82 Å². The number of pyridine rings is 1. The van der Waals surface area contributed by atoms with Crippen molar-refractivity contribution in [1.82, 2.24) is 15.0 Å². The average Bonchev–Trinajstić information content (AvgIpc) is 2.70. The van der Waals surface area contributed by atoms with Crippen LogP contribution in [0.1, 0.15) is 14.4 Å². The first-order chi connectivity index (χ1) is 13.9. The molecule has 2 aromatic heterocycles. The molecule has 0 amide bonds. The van der Waals surface area contributed by atoms with Crippen molar-refractivity contribution >= 4 is 35.0 Å². The summed E-state index contributed by atoms with van der Waals surface area (Å²) in [4.78, 5) is 17.0. The van der Waals surface area contributed by atoms with Gasteiger partial charge >= 0.3 is 0 Å². The standard InChI is InChI=1S/C20H17Cl2F2N5.CH4/c1-12-11-28(19-16(24)3-2-6-25-19)7-8-29(12)20-26-17(10-18(22)27-20)13-4-5-15(23)14(21)9-13;/h2-6,9-10,12H,7-8,11H2,1H3;1H4/t12-;/m1./s1. The van der Waals surface area contributed by atoms with E-state index in [1.54, 1.807) is 24.4 Å². The summed E-state index contributed by atoms with van der Waals surface area (Å²) in [5.74, 6) is -0.0424. The molecule has 1 aliphatic rings. The van der Waals surface area contributed by atoms with Crippen LogP contribution in [0.25, 0.3) is 11.3 Å². The highest BCUT2D eigenvalue weighted by Crippen LogP contribution is 2.28. The van der Waals surface area contributed by atoms with Gasteiger partial charge in [-0.1, -0.05) is 30.6 Å². The minimum atomic E-state index is -0.498. The van der Waals surface area contributed by atoms with Gasteiger partial charge in [-0.05, 0) is 37.3 Å². The smallest absolute Gasteiger partial charge is 0.227 e. The first-order valence-corrected chi connectivity index (χ1v) is 9.80. The van der Waals surface area contributed by atoms with Crippen molar-refractivity contribution in [1.29, 1.82) is 0 Å². The van der Waals surface area contributed by atoms with Crippen molar-refractivity contribution in [2.45, 2.75) is 20.4 Å². The highest BCUT2D eigenvalue weighted by atomic mass is 35.5. The van der Waals surface area contributed by atoms with Gasteiger partial charge in [0.15, 0.2) is 11.6 Å². The molecule has 1 aliphatic heterocycles. The van der Waals surface area contributed by atoms with Crippen molar-refractivity contribution in [3.63, 3.8) is 0 Å². The van der Waals surface area contributed by atoms with Gasteiger partial charge in [0.05, 0.1) is 10.7 Å². The van der Waals surface area contributed by atoms with Gasteiger partial charge in [-0.25, -0.2) is 23.7 Å². The molecule has 158 valence electrons. The number of halogens is 4. The Kier molecular flexibility index (Phi) is 6.73. The van der Waals surface area contributed by atoms with Gasteiger partial charge in [-0.3, -0.25) is 0 Å². The van der Waals surface area contributed by atoms with Crippen LogP contribution >= 0.6 is 23.2 Å². The number of anilines is 2. The number of nitrogens with zero attached hydrogens (tertiary/aromatic N) is 5. The summed E-state index contributed by atoms with van der Waals surface area (Å²) in [6.07, 6.45) is 1.58. The molecule has 1 fully saturated rings. The zero-order valence-electron chi connectivity index (χ0n) is 15.5. The minimum absolute atomic E-state index is 0. The predicted molar refractivity (Wildman–Crippen MR) is 117 cm³/mol. The van der Waals surface area contributed by atoms with E-state index in [-0.39, 0.29) is 29.5 Å². The quantitative estimate of drug-likeness (QED) is 0.493. The molecular weight excluding hydrogens is 431 g/mol. The Morgan fingerprint density at radius 2 is 1.83 bits per heavy atom. The molecule has 0 bridgehead atoms. The van der Waals surface area contributed by atoms with Crippen LogP contribution in [-0.4, -0.2) is 40.6 Å².